The number of amides is 1. The highest BCUT2D eigenvalue weighted by atomic mass is 16.5. The number of carbonyl (C=O) groups excluding carboxylic acids is 1. The van der Waals surface area contributed by atoms with Crippen LogP contribution in [0.4, 0.5) is 0 Å². The van der Waals surface area contributed by atoms with E-state index in [1.54, 1.807) is 11.2 Å². The highest BCUT2D eigenvalue weighted by molar-refractivity contribution is 5.77. The van der Waals surface area contributed by atoms with Gasteiger partial charge in [-0.3, -0.25) is 4.79 Å². The summed E-state index contributed by atoms with van der Waals surface area (Å²) in [7, 11) is 0. The molecule has 0 radical (unpaired) electrons. The molecule has 0 fully saturated rings. The van der Waals surface area contributed by atoms with Crippen LogP contribution in [0.1, 0.15) is 22.5 Å². The lowest BCUT2D eigenvalue weighted by atomic mass is 10.1. The van der Waals surface area contributed by atoms with Crippen molar-refractivity contribution in [2.75, 3.05) is 19.8 Å². The van der Waals surface area contributed by atoms with Crippen LogP contribution in [0.2, 0.25) is 0 Å². The Kier molecular flexibility index (Phi) is 5.76. The molecule has 0 bridgehead atoms. The van der Waals surface area contributed by atoms with Crippen molar-refractivity contribution in [3.8, 4) is 5.75 Å². The first-order valence-corrected chi connectivity index (χ1v) is 7.59. The third-order valence-corrected chi connectivity index (χ3v) is 3.90. The monoisotopic (exact) mass is 317 g/mol. The molecule has 1 aromatic heterocycles. The number of carbonyl (C=O) groups is 1. The van der Waals surface area contributed by atoms with E-state index in [1.165, 1.54) is 0 Å². The molecule has 1 heterocycles. The molecule has 6 nitrogen and oxygen atoms in total. The van der Waals surface area contributed by atoms with Crippen molar-refractivity contribution in [3.05, 3.63) is 47.0 Å². The average molecular weight is 317 g/mol. The number of rotatable bonds is 7. The molecule has 0 atom stereocenters. The van der Waals surface area contributed by atoms with Crippen LogP contribution in [-0.2, 0) is 11.3 Å². The lowest BCUT2D eigenvalue weighted by Crippen LogP contribution is -2.36. The summed E-state index contributed by atoms with van der Waals surface area (Å²) in [6.07, 6.45) is 1.60. The van der Waals surface area contributed by atoms with Crippen LogP contribution < -0.4 is 4.74 Å². The fourth-order valence-electron chi connectivity index (χ4n) is 2.25. The number of aromatic nitrogens is 2. The molecule has 1 aromatic carbocycles. The number of aliphatic hydroxyl groups excluding tert-OH is 1. The van der Waals surface area contributed by atoms with Crippen molar-refractivity contribution in [3.63, 3.8) is 0 Å². The molecular formula is C17H23N3O3. The van der Waals surface area contributed by atoms with Gasteiger partial charge in [0.05, 0.1) is 25.2 Å². The zero-order chi connectivity index (χ0) is 16.8. The van der Waals surface area contributed by atoms with E-state index in [9.17, 15) is 9.90 Å². The minimum atomic E-state index is -0.178. The van der Waals surface area contributed by atoms with Gasteiger partial charge >= 0.3 is 0 Å². The molecule has 2 aromatic rings. The largest absolute Gasteiger partial charge is 0.483 e. The van der Waals surface area contributed by atoms with Crippen LogP contribution >= 0.6 is 0 Å². The van der Waals surface area contributed by atoms with Gasteiger partial charge < -0.3 is 19.7 Å². The molecular weight excluding hydrogens is 294 g/mol. The van der Waals surface area contributed by atoms with Gasteiger partial charge in [-0.05, 0) is 38.0 Å². The molecule has 0 saturated carbocycles. The highest BCUT2D eigenvalue weighted by Crippen LogP contribution is 2.20. The van der Waals surface area contributed by atoms with Gasteiger partial charge in [-0.1, -0.05) is 12.1 Å². The Bertz CT molecular complexity index is 667. The van der Waals surface area contributed by atoms with Crippen molar-refractivity contribution in [1.29, 1.82) is 0 Å². The van der Waals surface area contributed by atoms with Crippen LogP contribution in [0, 0.1) is 20.8 Å². The van der Waals surface area contributed by atoms with Crippen LogP contribution in [0.3, 0.4) is 0 Å². The number of benzene rings is 1. The third kappa shape index (κ3) is 4.32. The summed E-state index contributed by atoms with van der Waals surface area (Å²) in [5.74, 6) is 0.528. The van der Waals surface area contributed by atoms with Gasteiger partial charge in [0.15, 0.2) is 6.61 Å². The summed E-state index contributed by atoms with van der Waals surface area (Å²) in [5, 5.41) is 9.19. The van der Waals surface area contributed by atoms with Crippen molar-refractivity contribution >= 4 is 5.91 Å². The molecule has 0 aliphatic carbocycles. The van der Waals surface area contributed by atoms with Crippen molar-refractivity contribution in [2.45, 2.75) is 27.3 Å². The van der Waals surface area contributed by atoms with Gasteiger partial charge in [-0.25, -0.2) is 4.98 Å². The molecule has 0 unspecified atom stereocenters. The van der Waals surface area contributed by atoms with E-state index in [4.69, 9.17) is 4.74 Å². The third-order valence-electron chi connectivity index (χ3n) is 3.90. The zero-order valence-corrected chi connectivity index (χ0v) is 13.8. The Morgan fingerprint density at radius 1 is 1.35 bits per heavy atom. The Morgan fingerprint density at radius 2 is 2.13 bits per heavy atom. The minimum Gasteiger partial charge on any atom is -0.483 e. The van der Waals surface area contributed by atoms with Crippen LogP contribution in [0.25, 0.3) is 0 Å². The summed E-state index contributed by atoms with van der Waals surface area (Å²) >= 11 is 0. The first-order valence-electron chi connectivity index (χ1n) is 7.59. The summed E-state index contributed by atoms with van der Waals surface area (Å²) in [6, 6.07) is 5.76. The topological polar surface area (TPSA) is 78.4 Å². The zero-order valence-electron chi connectivity index (χ0n) is 13.8. The van der Waals surface area contributed by atoms with E-state index in [-0.39, 0.29) is 25.7 Å². The Labute approximate surface area is 136 Å². The Balaban J connectivity index is 2.00. The van der Waals surface area contributed by atoms with Crippen molar-refractivity contribution in [2.24, 2.45) is 0 Å². The van der Waals surface area contributed by atoms with Crippen LogP contribution in [-0.4, -0.2) is 45.6 Å². The number of ether oxygens (including phenoxy) is 1. The molecule has 124 valence electrons. The van der Waals surface area contributed by atoms with E-state index in [1.807, 2.05) is 39.0 Å². The summed E-state index contributed by atoms with van der Waals surface area (Å²) < 4.78 is 5.66. The molecule has 6 heteroatoms. The number of imidazole rings is 1. The highest BCUT2D eigenvalue weighted by Gasteiger charge is 2.17. The SMILES string of the molecule is Cc1cccc(OCC(=O)N(CCO)Cc2nc[nH]c2C)c1C. The van der Waals surface area contributed by atoms with Gasteiger partial charge in [-0.2, -0.15) is 0 Å². The molecule has 23 heavy (non-hydrogen) atoms. The van der Waals surface area contributed by atoms with E-state index >= 15 is 0 Å². The first-order chi connectivity index (χ1) is 11.0. The van der Waals surface area contributed by atoms with Crippen molar-refractivity contribution in [1.82, 2.24) is 14.9 Å². The summed E-state index contributed by atoms with van der Waals surface area (Å²) in [4.78, 5) is 21.1. The molecule has 1 amide bonds. The maximum atomic E-state index is 12.4. The molecule has 0 aliphatic rings. The second-order valence-electron chi connectivity index (χ2n) is 5.50. The van der Waals surface area contributed by atoms with Crippen LogP contribution in [0.15, 0.2) is 24.5 Å². The van der Waals surface area contributed by atoms with Gasteiger partial charge in [0.25, 0.3) is 5.91 Å². The quantitative estimate of drug-likeness (QED) is 0.815. The number of hydrogen-bond donors (Lipinski definition) is 2. The molecule has 0 aliphatic heterocycles. The Morgan fingerprint density at radius 3 is 2.78 bits per heavy atom. The first kappa shape index (κ1) is 17.0. The summed E-state index contributed by atoms with van der Waals surface area (Å²) in [5.41, 5.74) is 3.85. The second kappa shape index (κ2) is 7.78. The number of aliphatic hydroxyl groups is 1. The summed E-state index contributed by atoms with van der Waals surface area (Å²) in [6.45, 7) is 6.31. The van der Waals surface area contributed by atoms with Gasteiger partial charge in [-0.15, -0.1) is 0 Å². The molecule has 2 rings (SSSR count). The molecule has 0 saturated heterocycles. The Hall–Kier alpha value is -2.34. The van der Waals surface area contributed by atoms with Gasteiger partial charge in [0.1, 0.15) is 5.75 Å². The van der Waals surface area contributed by atoms with E-state index < -0.39 is 0 Å². The number of nitrogens with one attached hydrogen (secondary N) is 1. The lowest BCUT2D eigenvalue weighted by Gasteiger charge is -2.21. The van der Waals surface area contributed by atoms with E-state index in [2.05, 4.69) is 9.97 Å². The second-order valence-corrected chi connectivity index (χ2v) is 5.50. The van der Waals surface area contributed by atoms with Crippen LogP contribution in [0.5, 0.6) is 5.75 Å². The molecule has 2 N–H and O–H groups in total. The predicted molar refractivity (Wildman–Crippen MR) is 87.2 cm³/mol. The lowest BCUT2D eigenvalue weighted by molar-refractivity contribution is -0.134. The maximum Gasteiger partial charge on any atom is 0.260 e. The average Bonchev–Trinajstić information content (AvgIpc) is 2.93. The van der Waals surface area contributed by atoms with Crippen molar-refractivity contribution < 1.29 is 14.6 Å². The number of aryl methyl sites for hydroxylation is 2. The maximum absolute atomic E-state index is 12.4. The van der Waals surface area contributed by atoms with E-state index in [0.29, 0.717) is 12.3 Å². The minimum absolute atomic E-state index is 0.0617. The van der Waals surface area contributed by atoms with Gasteiger partial charge in [0.2, 0.25) is 0 Å². The molecule has 0 spiro atoms. The standard InChI is InChI=1S/C17H23N3O3/c1-12-5-4-6-16(13(12)2)23-10-17(22)20(7-8-21)9-15-14(3)18-11-19-15/h4-6,11,21H,7-10H2,1-3H3,(H,18,19). The predicted octanol–water partition coefficient (Wildman–Crippen LogP) is 1.73. The number of nitrogens with zero attached hydrogens (tertiary/aromatic N) is 2. The number of aromatic amines is 1. The number of hydrogen-bond acceptors (Lipinski definition) is 4. The fraction of sp³-hybridized carbons (Fsp3) is 0.412. The number of H-pyrrole nitrogens is 1. The van der Waals surface area contributed by atoms with Gasteiger partial charge in [0, 0.05) is 12.2 Å². The smallest absolute Gasteiger partial charge is 0.260 e. The normalized spacial score (nSPS) is 10.6. The van der Waals surface area contributed by atoms with E-state index in [0.717, 1.165) is 22.5 Å². The fourth-order valence-corrected chi connectivity index (χ4v) is 2.25.